The van der Waals surface area contributed by atoms with Crippen LogP contribution in [0.4, 0.5) is 0 Å². The fourth-order valence-corrected chi connectivity index (χ4v) is 4.66. The zero-order chi connectivity index (χ0) is 21.1. The van der Waals surface area contributed by atoms with Gasteiger partial charge in [-0.1, -0.05) is 43.0 Å². The van der Waals surface area contributed by atoms with E-state index in [4.69, 9.17) is 11.6 Å². The van der Waals surface area contributed by atoms with Crippen molar-refractivity contribution in [3.8, 4) is 5.69 Å². The average molecular weight is 430 g/mol. The number of piperidine rings is 1. The second kappa shape index (κ2) is 9.16. The quantitative estimate of drug-likeness (QED) is 0.806. The van der Waals surface area contributed by atoms with E-state index in [1.54, 1.807) is 17.7 Å². The van der Waals surface area contributed by atoms with Crippen LogP contribution in [0.2, 0.25) is 5.02 Å². The Morgan fingerprint density at radius 3 is 2.47 bits per heavy atom. The largest absolute Gasteiger partial charge is 0.346 e. The number of aryl methyl sites for hydroxylation is 1. The maximum absolute atomic E-state index is 12.7. The zero-order valence-electron chi connectivity index (χ0n) is 17.3. The molecule has 0 spiro atoms. The number of hydrogen-bond acceptors (Lipinski definition) is 4. The van der Waals surface area contributed by atoms with Crippen molar-refractivity contribution >= 4 is 23.4 Å². The first-order chi connectivity index (χ1) is 14.5. The lowest BCUT2D eigenvalue weighted by Gasteiger charge is -2.35. The number of likely N-dealkylation sites (tertiary alicyclic amines) is 1. The van der Waals surface area contributed by atoms with Crippen LogP contribution in [0.15, 0.2) is 24.3 Å². The summed E-state index contributed by atoms with van der Waals surface area (Å²) in [6.45, 7) is 3.18. The number of rotatable bonds is 4. The number of nitrogens with zero attached hydrogens (tertiary/aromatic N) is 4. The van der Waals surface area contributed by atoms with Gasteiger partial charge in [0.25, 0.3) is 5.91 Å². The Hall–Kier alpha value is -2.41. The Labute approximate surface area is 181 Å². The fraction of sp³-hybridized carbons (Fsp3) is 0.545. The molecule has 1 aromatic heterocycles. The maximum atomic E-state index is 12.7. The van der Waals surface area contributed by atoms with Gasteiger partial charge in [-0.15, -0.1) is 5.10 Å². The van der Waals surface area contributed by atoms with Gasteiger partial charge < -0.3 is 10.2 Å². The molecule has 7 nitrogen and oxygen atoms in total. The van der Waals surface area contributed by atoms with Crippen LogP contribution < -0.4 is 5.32 Å². The van der Waals surface area contributed by atoms with Gasteiger partial charge in [0.1, 0.15) is 5.82 Å². The predicted molar refractivity (Wildman–Crippen MR) is 115 cm³/mol. The number of carbonyl (C=O) groups is 2. The maximum Gasteiger partial charge on any atom is 0.291 e. The first-order valence-corrected chi connectivity index (χ1v) is 11.2. The Balaban J connectivity index is 1.34. The first kappa shape index (κ1) is 20.8. The first-order valence-electron chi connectivity index (χ1n) is 10.8. The van der Waals surface area contributed by atoms with Crippen LogP contribution in [0.5, 0.6) is 0 Å². The molecule has 2 aromatic rings. The normalized spacial score (nSPS) is 18.4. The van der Waals surface area contributed by atoms with Gasteiger partial charge in [-0.05, 0) is 44.7 Å². The lowest BCUT2D eigenvalue weighted by molar-refractivity contribution is -0.137. The smallest absolute Gasteiger partial charge is 0.291 e. The minimum Gasteiger partial charge on any atom is -0.346 e. The number of benzene rings is 1. The summed E-state index contributed by atoms with van der Waals surface area (Å²) in [6.07, 6.45) is 7.13. The molecule has 2 heterocycles. The van der Waals surface area contributed by atoms with E-state index in [2.05, 4.69) is 15.4 Å². The van der Waals surface area contributed by atoms with Crippen molar-refractivity contribution in [3.05, 3.63) is 40.9 Å². The molecule has 2 aliphatic rings. The fourth-order valence-electron chi connectivity index (χ4n) is 4.44. The van der Waals surface area contributed by atoms with E-state index in [9.17, 15) is 9.59 Å². The molecule has 1 aromatic carbocycles. The standard InChI is InChI=1S/C22H28ClN5O2/c1-15-24-20(26-28(15)19-10-6-5-9-18(19)23)21(29)25-17-11-13-27(14-12-17)22(30)16-7-3-2-4-8-16/h5-6,9-10,16-17H,2-4,7-8,11-14H2,1H3,(H,25,29). The Morgan fingerprint density at radius 2 is 1.77 bits per heavy atom. The monoisotopic (exact) mass is 429 g/mol. The average Bonchev–Trinajstić information content (AvgIpc) is 3.16. The number of carbonyl (C=O) groups excluding carboxylic acids is 2. The minimum atomic E-state index is -0.291. The van der Waals surface area contributed by atoms with Gasteiger partial charge in [-0.2, -0.15) is 0 Å². The summed E-state index contributed by atoms with van der Waals surface area (Å²) in [5.41, 5.74) is 0.692. The number of halogens is 1. The van der Waals surface area contributed by atoms with E-state index in [0.29, 0.717) is 35.5 Å². The minimum absolute atomic E-state index is 0.0282. The van der Waals surface area contributed by atoms with Crippen LogP contribution in [-0.4, -0.2) is 50.6 Å². The van der Waals surface area contributed by atoms with Crippen LogP contribution in [-0.2, 0) is 4.79 Å². The Bertz CT molecular complexity index is 914. The molecule has 1 saturated heterocycles. The lowest BCUT2D eigenvalue weighted by Crippen LogP contribution is -2.48. The van der Waals surface area contributed by atoms with Crippen molar-refractivity contribution in [1.82, 2.24) is 25.0 Å². The highest BCUT2D eigenvalue weighted by Crippen LogP contribution is 2.26. The SMILES string of the molecule is Cc1nc(C(=O)NC2CCN(C(=O)C3CCCCC3)CC2)nn1-c1ccccc1Cl. The third-order valence-electron chi connectivity index (χ3n) is 6.15. The second-order valence-corrected chi connectivity index (χ2v) is 8.66. The van der Waals surface area contributed by atoms with Crippen molar-refractivity contribution in [1.29, 1.82) is 0 Å². The molecule has 160 valence electrons. The van der Waals surface area contributed by atoms with Gasteiger partial charge in [0, 0.05) is 25.0 Å². The molecule has 0 unspecified atom stereocenters. The van der Waals surface area contributed by atoms with Gasteiger partial charge in [0.15, 0.2) is 0 Å². The predicted octanol–water partition coefficient (Wildman–Crippen LogP) is 3.53. The molecule has 1 N–H and O–H groups in total. The van der Waals surface area contributed by atoms with Crippen molar-refractivity contribution in [2.24, 2.45) is 5.92 Å². The highest BCUT2D eigenvalue weighted by atomic mass is 35.5. The summed E-state index contributed by atoms with van der Waals surface area (Å²) in [5, 5.41) is 7.94. The summed E-state index contributed by atoms with van der Waals surface area (Å²) < 4.78 is 1.59. The van der Waals surface area contributed by atoms with Crippen LogP contribution in [0.3, 0.4) is 0 Å². The molecule has 4 rings (SSSR count). The summed E-state index contributed by atoms with van der Waals surface area (Å²) in [7, 11) is 0. The third-order valence-corrected chi connectivity index (χ3v) is 6.47. The number of aromatic nitrogens is 3. The van der Waals surface area contributed by atoms with Crippen molar-refractivity contribution < 1.29 is 9.59 Å². The van der Waals surface area contributed by atoms with Crippen molar-refractivity contribution in [2.75, 3.05) is 13.1 Å². The highest BCUT2D eigenvalue weighted by molar-refractivity contribution is 6.32. The third kappa shape index (κ3) is 4.51. The molecule has 0 bridgehead atoms. The summed E-state index contributed by atoms with van der Waals surface area (Å²) in [6, 6.07) is 7.35. The number of amides is 2. The molecule has 30 heavy (non-hydrogen) atoms. The zero-order valence-corrected chi connectivity index (χ0v) is 18.1. The summed E-state index contributed by atoms with van der Waals surface area (Å²) in [5.74, 6) is 0.941. The molecule has 1 saturated carbocycles. The van der Waals surface area contributed by atoms with Gasteiger partial charge in [0.2, 0.25) is 11.7 Å². The molecule has 0 atom stereocenters. The van der Waals surface area contributed by atoms with E-state index < -0.39 is 0 Å². The van der Waals surface area contributed by atoms with Crippen LogP contribution in [0.25, 0.3) is 5.69 Å². The van der Waals surface area contributed by atoms with E-state index in [1.807, 2.05) is 23.1 Å². The lowest BCUT2D eigenvalue weighted by atomic mass is 9.87. The number of hydrogen-bond donors (Lipinski definition) is 1. The topological polar surface area (TPSA) is 80.1 Å². The molecule has 0 radical (unpaired) electrons. The number of nitrogens with one attached hydrogen (secondary N) is 1. The van der Waals surface area contributed by atoms with Gasteiger partial charge >= 0.3 is 0 Å². The summed E-state index contributed by atoms with van der Waals surface area (Å²) in [4.78, 5) is 31.7. The van der Waals surface area contributed by atoms with E-state index in [1.165, 1.54) is 6.42 Å². The van der Waals surface area contributed by atoms with Gasteiger partial charge in [-0.3, -0.25) is 9.59 Å². The van der Waals surface area contributed by atoms with Crippen LogP contribution >= 0.6 is 11.6 Å². The molecule has 2 fully saturated rings. The van der Waals surface area contributed by atoms with Crippen LogP contribution in [0.1, 0.15) is 61.4 Å². The molecule has 1 aliphatic carbocycles. The van der Waals surface area contributed by atoms with E-state index in [0.717, 1.165) is 38.5 Å². The summed E-state index contributed by atoms with van der Waals surface area (Å²) >= 11 is 6.25. The molecule has 2 amide bonds. The van der Waals surface area contributed by atoms with E-state index in [-0.39, 0.29) is 23.7 Å². The van der Waals surface area contributed by atoms with Gasteiger partial charge in [-0.25, -0.2) is 9.67 Å². The second-order valence-electron chi connectivity index (χ2n) is 8.25. The van der Waals surface area contributed by atoms with Crippen molar-refractivity contribution in [2.45, 2.75) is 57.9 Å². The highest BCUT2D eigenvalue weighted by Gasteiger charge is 2.30. The van der Waals surface area contributed by atoms with Crippen LogP contribution in [0, 0.1) is 12.8 Å². The number of para-hydroxylation sites is 1. The Kier molecular flexibility index (Phi) is 6.37. The Morgan fingerprint density at radius 1 is 1.07 bits per heavy atom. The molecule has 8 heteroatoms. The molecular weight excluding hydrogens is 402 g/mol. The van der Waals surface area contributed by atoms with Gasteiger partial charge in [0.05, 0.1) is 10.7 Å². The molecular formula is C22H28ClN5O2. The molecule has 1 aliphatic heterocycles. The van der Waals surface area contributed by atoms with Crippen molar-refractivity contribution in [3.63, 3.8) is 0 Å². The van der Waals surface area contributed by atoms with E-state index >= 15 is 0 Å².